The van der Waals surface area contributed by atoms with Crippen molar-refractivity contribution < 1.29 is 23.2 Å². The van der Waals surface area contributed by atoms with Gasteiger partial charge in [0.2, 0.25) is 5.91 Å². The molecule has 0 aliphatic carbocycles. The number of nitrogens with zero attached hydrogens (tertiary/aromatic N) is 1. The van der Waals surface area contributed by atoms with Gasteiger partial charge in [0.15, 0.2) is 0 Å². The molecule has 0 radical (unpaired) electrons. The quantitative estimate of drug-likeness (QED) is 0.611. The fourth-order valence-corrected chi connectivity index (χ4v) is 2.51. The Kier molecular flexibility index (Phi) is 5.16. The van der Waals surface area contributed by atoms with E-state index >= 15 is 0 Å². The number of halogens is 2. The van der Waals surface area contributed by atoms with Crippen molar-refractivity contribution in [3.8, 4) is 0 Å². The molecular weight excluding hydrogens is 320 g/mol. The number of urea groups is 1. The molecule has 0 spiro atoms. The highest BCUT2D eigenvalue weighted by atomic mass is 19.1. The van der Waals surface area contributed by atoms with Gasteiger partial charge in [-0.2, -0.15) is 0 Å². The Labute approximate surface area is 138 Å². The van der Waals surface area contributed by atoms with Gasteiger partial charge in [-0.25, -0.2) is 13.6 Å². The van der Waals surface area contributed by atoms with Gasteiger partial charge in [-0.15, -0.1) is 0 Å². The molecule has 130 valence electrons. The molecule has 0 bridgehead atoms. The molecule has 1 aliphatic rings. The topological polar surface area (TPSA) is 78.5 Å². The lowest BCUT2D eigenvalue weighted by Gasteiger charge is -2.22. The van der Waals surface area contributed by atoms with Gasteiger partial charge >= 0.3 is 6.03 Å². The van der Waals surface area contributed by atoms with Crippen LogP contribution < -0.4 is 10.6 Å². The van der Waals surface area contributed by atoms with E-state index in [9.17, 15) is 23.2 Å². The summed E-state index contributed by atoms with van der Waals surface area (Å²) < 4.78 is 27.4. The van der Waals surface area contributed by atoms with Crippen molar-refractivity contribution in [1.29, 1.82) is 0 Å². The number of benzene rings is 1. The van der Waals surface area contributed by atoms with Crippen LogP contribution >= 0.6 is 0 Å². The third kappa shape index (κ3) is 3.37. The number of hydrogen-bond acceptors (Lipinski definition) is 3. The highest BCUT2D eigenvalue weighted by molar-refractivity contribution is 6.09. The lowest BCUT2D eigenvalue weighted by Crippen LogP contribution is -2.43. The van der Waals surface area contributed by atoms with Crippen molar-refractivity contribution in [1.82, 2.24) is 15.5 Å². The van der Waals surface area contributed by atoms with Gasteiger partial charge in [0.25, 0.3) is 5.91 Å². The zero-order valence-corrected chi connectivity index (χ0v) is 13.5. The van der Waals surface area contributed by atoms with Crippen molar-refractivity contribution in [3.63, 3.8) is 0 Å². The summed E-state index contributed by atoms with van der Waals surface area (Å²) in [6, 6.07) is 1.84. The Morgan fingerprint density at radius 3 is 2.71 bits per heavy atom. The SMILES string of the molecule is CCCCNC(=O)CN1C(=O)N[C@](C)(c2cc(F)ccc2F)C1=O. The monoisotopic (exact) mass is 339 g/mol. The normalized spacial score (nSPS) is 20.2. The van der Waals surface area contributed by atoms with Crippen molar-refractivity contribution in [3.05, 3.63) is 35.4 Å². The second kappa shape index (κ2) is 6.94. The van der Waals surface area contributed by atoms with E-state index < -0.39 is 41.6 Å². The van der Waals surface area contributed by atoms with Gasteiger partial charge in [0, 0.05) is 12.1 Å². The van der Waals surface area contributed by atoms with Crippen molar-refractivity contribution in [2.45, 2.75) is 32.2 Å². The molecule has 1 heterocycles. The van der Waals surface area contributed by atoms with E-state index in [4.69, 9.17) is 0 Å². The standard InChI is InChI=1S/C16H19F2N3O3/c1-3-4-7-19-13(22)9-21-14(23)16(2,20-15(21)24)11-8-10(17)5-6-12(11)18/h5-6,8H,3-4,7,9H2,1-2H3,(H,19,22)(H,20,24)/t16-/m1/s1. The summed E-state index contributed by atoms with van der Waals surface area (Å²) in [5.74, 6) is -2.84. The van der Waals surface area contributed by atoms with Crippen LogP contribution in [0.25, 0.3) is 0 Å². The third-order valence-electron chi connectivity index (χ3n) is 3.90. The minimum Gasteiger partial charge on any atom is -0.355 e. The molecule has 0 aromatic heterocycles. The van der Waals surface area contributed by atoms with Gasteiger partial charge in [-0.1, -0.05) is 13.3 Å². The van der Waals surface area contributed by atoms with Gasteiger partial charge < -0.3 is 10.6 Å². The molecule has 0 unspecified atom stereocenters. The van der Waals surface area contributed by atoms with Crippen LogP contribution in [0, 0.1) is 11.6 Å². The van der Waals surface area contributed by atoms with Crippen LogP contribution in [-0.4, -0.2) is 35.8 Å². The van der Waals surface area contributed by atoms with Gasteiger partial charge in [0.1, 0.15) is 23.7 Å². The summed E-state index contributed by atoms with van der Waals surface area (Å²) in [6.45, 7) is 3.21. The highest BCUT2D eigenvalue weighted by Crippen LogP contribution is 2.31. The fraction of sp³-hybridized carbons (Fsp3) is 0.438. The summed E-state index contributed by atoms with van der Waals surface area (Å²) in [5.41, 5.74) is -2.04. The molecule has 6 nitrogen and oxygen atoms in total. The maximum atomic E-state index is 14.0. The first-order valence-corrected chi connectivity index (χ1v) is 7.66. The predicted molar refractivity (Wildman–Crippen MR) is 81.9 cm³/mol. The number of rotatable bonds is 6. The van der Waals surface area contributed by atoms with Crippen LogP contribution in [0.1, 0.15) is 32.3 Å². The summed E-state index contributed by atoms with van der Waals surface area (Å²) >= 11 is 0. The minimum absolute atomic E-state index is 0.283. The Bertz CT molecular complexity index is 681. The summed E-state index contributed by atoms with van der Waals surface area (Å²) in [5, 5.41) is 4.93. The Morgan fingerprint density at radius 1 is 1.33 bits per heavy atom. The molecule has 0 saturated carbocycles. The number of hydrogen-bond donors (Lipinski definition) is 2. The number of imide groups is 1. The minimum atomic E-state index is -1.76. The first-order chi connectivity index (χ1) is 11.3. The summed E-state index contributed by atoms with van der Waals surface area (Å²) in [7, 11) is 0. The van der Waals surface area contributed by atoms with Crippen LogP contribution in [0.2, 0.25) is 0 Å². The molecule has 1 aliphatic heterocycles. The fourth-order valence-electron chi connectivity index (χ4n) is 2.51. The zero-order chi connectivity index (χ0) is 17.9. The van der Waals surface area contributed by atoms with E-state index in [0.717, 1.165) is 31.0 Å². The smallest absolute Gasteiger partial charge is 0.325 e. The molecule has 1 fully saturated rings. The second-order valence-electron chi connectivity index (χ2n) is 5.77. The van der Waals surface area contributed by atoms with Gasteiger partial charge in [0.05, 0.1) is 0 Å². The van der Waals surface area contributed by atoms with Crippen molar-refractivity contribution in [2.24, 2.45) is 0 Å². The molecule has 1 saturated heterocycles. The molecule has 2 N–H and O–H groups in total. The van der Waals surface area contributed by atoms with Crippen LogP contribution in [0.5, 0.6) is 0 Å². The number of amides is 4. The molecule has 8 heteroatoms. The molecule has 1 aromatic rings. The molecule has 24 heavy (non-hydrogen) atoms. The number of carbonyl (C=O) groups excluding carboxylic acids is 3. The van der Waals surface area contributed by atoms with Crippen LogP contribution in [-0.2, 0) is 15.1 Å². The maximum Gasteiger partial charge on any atom is 0.325 e. The maximum absolute atomic E-state index is 14.0. The summed E-state index contributed by atoms with van der Waals surface area (Å²) in [6.07, 6.45) is 1.67. The van der Waals surface area contributed by atoms with Crippen molar-refractivity contribution >= 4 is 17.8 Å². The van der Waals surface area contributed by atoms with E-state index in [0.29, 0.717) is 11.4 Å². The van der Waals surface area contributed by atoms with E-state index in [1.165, 1.54) is 6.92 Å². The largest absolute Gasteiger partial charge is 0.355 e. The van der Waals surface area contributed by atoms with E-state index in [-0.39, 0.29) is 5.56 Å². The van der Waals surface area contributed by atoms with Crippen LogP contribution in [0.3, 0.4) is 0 Å². The van der Waals surface area contributed by atoms with Crippen LogP contribution in [0.4, 0.5) is 13.6 Å². The predicted octanol–water partition coefficient (Wildman–Crippen LogP) is 1.65. The van der Waals surface area contributed by atoms with E-state index in [1.807, 2.05) is 6.92 Å². The lowest BCUT2D eigenvalue weighted by molar-refractivity contribution is -0.134. The summed E-state index contributed by atoms with van der Waals surface area (Å²) in [4.78, 5) is 37.1. The Balaban J connectivity index is 2.18. The van der Waals surface area contributed by atoms with E-state index in [1.54, 1.807) is 0 Å². The Morgan fingerprint density at radius 2 is 2.04 bits per heavy atom. The number of unbranched alkanes of at least 4 members (excludes halogenated alkanes) is 1. The molecular formula is C16H19F2N3O3. The third-order valence-corrected chi connectivity index (χ3v) is 3.90. The first-order valence-electron chi connectivity index (χ1n) is 7.66. The van der Waals surface area contributed by atoms with Crippen LogP contribution in [0.15, 0.2) is 18.2 Å². The van der Waals surface area contributed by atoms with Gasteiger partial charge in [-0.3, -0.25) is 14.5 Å². The zero-order valence-electron chi connectivity index (χ0n) is 13.5. The number of carbonyl (C=O) groups is 3. The molecule has 2 rings (SSSR count). The highest BCUT2D eigenvalue weighted by Gasteiger charge is 2.50. The van der Waals surface area contributed by atoms with Crippen molar-refractivity contribution in [2.75, 3.05) is 13.1 Å². The molecule has 4 amide bonds. The average Bonchev–Trinajstić information content (AvgIpc) is 2.74. The Hall–Kier alpha value is -2.51. The van der Waals surface area contributed by atoms with Gasteiger partial charge in [-0.05, 0) is 31.5 Å². The van der Waals surface area contributed by atoms with E-state index in [2.05, 4.69) is 10.6 Å². The molecule has 1 aromatic carbocycles. The average molecular weight is 339 g/mol. The molecule has 1 atom stereocenters. The second-order valence-corrected chi connectivity index (χ2v) is 5.77. The lowest BCUT2D eigenvalue weighted by atomic mass is 9.91. The number of nitrogens with one attached hydrogen (secondary N) is 2. The first kappa shape index (κ1) is 17.8.